The molecule has 0 aliphatic heterocycles. The van der Waals surface area contributed by atoms with E-state index in [1.165, 1.54) is 0 Å². The van der Waals surface area contributed by atoms with Crippen LogP contribution in [0, 0.1) is 0 Å². The van der Waals surface area contributed by atoms with Crippen LogP contribution in [0.15, 0.2) is 192 Å². The van der Waals surface area contributed by atoms with Crippen LogP contribution in [0.2, 0.25) is 0 Å². The largest absolute Gasteiger partial charge is 0.455 e. The predicted octanol–water partition coefficient (Wildman–Crippen LogP) is 13.2. The Kier molecular flexibility index (Phi) is 4.29. The highest BCUT2D eigenvalue weighted by atomic mass is 16.3. The molecule has 0 aliphatic carbocycles. The van der Waals surface area contributed by atoms with Crippen LogP contribution >= 0.6 is 0 Å². The highest BCUT2D eigenvalue weighted by Gasteiger charge is 2.22. The molecule has 0 unspecified atom stereocenters. The predicted molar refractivity (Wildman–Crippen MR) is 202 cm³/mol. The van der Waals surface area contributed by atoms with Crippen LogP contribution in [0.5, 0.6) is 0 Å². The number of anilines is 3. The molecule has 9 aromatic rings. The smallest absolute Gasteiger partial charge is 0.143 e. The van der Waals surface area contributed by atoms with Gasteiger partial charge in [-0.15, -0.1) is 0 Å². The Balaban J connectivity index is 1.48. The Labute approximate surface area is 298 Å². The minimum atomic E-state index is -0.716. The van der Waals surface area contributed by atoms with E-state index in [1.54, 1.807) is 4.90 Å². The Morgan fingerprint density at radius 3 is 1.85 bits per heavy atom. The summed E-state index contributed by atoms with van der Waals surface area (Å²) in [6.07, 6.45) is 0. The molecule has 0 atom stereocenters. The maximum absolute atomic E-state index is 9.91. The first-order chi connectivity index (χ1) is 29.2. The molecule has 0 saturated heterocycles. The van der Waals surface area contributed by atoms with E-state index < -0.39 is 84.1 Å². The summed E-state index contributed by atoms with van der Waals surface area (Å²) in [5.41, 5.74) is 3.26. The van der Waals surface area contributed by atoms with Gasteiger partial charge in [-0.25, -0.2) is 0 Å². The second kappa shape index (κ2) is 11.8. The highest BCUT2D eigenvalue weighted by Crippen LogP contribution is 2.46. The lowest BCUT2D eigenvalue weighted by Crippen LogP contribution is -2.10. The number of furan rings is 1. The van der Waals surface area contributed by atoms with E-state index in [9.17, 15) is 2.74 Å². The molecule has 0 radical (unpaired) electrons. The summed E-state index contributed by atoms with van der Waals surface area (Å²) >= 11 is 0. The van der Waals surface area contributed by atoms with Crippen molar-refractivity contribution in [3.05, 3.63) is 188 Å². The zero-order chi connectivity index (χ0) is 43.2. The summed E-state index contributed by atoms with van der Waals surface area (Å²) in [6, 6.07) is 26.2. The van der Waals surface area contributed by atoms with Gasteiger partial charge in [0.2, 0.25) is 0 Å². The zero-order valence-electron chi connectivity index (χ0n) is 38.2. The van der Waals surface area contributed by atoms with E-state index in [1.807, 2.05) is 109 Å². The number of hydrogen-bond donors (Lipinski definition) is 0. The average molecular weight is 627 g/mol. The molecule has 0 aliphatic rings. The normalized spacial score (nSPS) is 15.1. The van der Waals surface area contributed by atoms with Crippen molar-refractivity contribution in [2.24, 2.45) is 0 Å². The third-order valence-electron chi connectivity index (χ3n) is 8.33. The fourth-order valence-electron chi connectivity index (χ4n) is 6.13. The minimum Gasteiger partial charge on any atom is -0.455 e. The molecule has 226 valence electrons. The van der Waals surface area contributed by atoms with E-state index in [2.05, 4.69) is 0 Å². The van der Waals surface area contributed by atoms with Crippen LogP contribution in [0.3, 0.4) is 0 Å². The molecule has 0 spiro atoms. The number of hydrogen-bond acceptors (Lipinski definition) is 2. The van der Waals surface area contributed by atoms with Gasteiger partial charge in [0.25, 0.3) is 0 Å². The average Bonchev–Trinajstić information content (AvgIpc) is 3.69. The van der Waals surface area contributed by atoms with Crippen molar-refractivity contribution in [1.82, 2.24) is 0 Å². The topological polar surface area (TPSA) is 16.4 Å². The van der Waals surface area contributed by atoms with E-state index in [0.717, 1.165) is 22.3 Å². The second-order valence-electron chi connectivity index (χ2n) is 11.1. The van der Waals surface area contributed by atoms with Crippen molar-refractivity contribution < 1.29 is 22.2 Å². The van der Waals surface area contributed by atoms with Gasteiger partial charge in [0.05, 0.1) is 28.9 Å². The summed E-state index contributed by atoms with van der Waals surface area (Å²) in [7, 11) is 0. The first-order valence-corrected chi connectivity index (χ1v) is 15.3. The summed E-state index contributed by atoms with van der Waals surface area (Å²) in [5, 5.41) is -0.749. The fraction of sp³-hybridized carbons (Fsp3) is 0. The minimum absolute atomic E-state index is 0.00752. The SMILES string of the molecule is [2H]c1c([2H])c([2H])c(-c2c([2H])c3c(oc4c([2H])c([2H])c([2H])c(N(c5ccc(-c6ccccc6)cc5)c5cccc(-c6ccccc6)c5)c43)c3c([2H])c([2H])c([2H])c([2H])c23)c([2H])c1[2H]. The zero-order valence-corrected chi connectivity index (χ0v) is 25.2. The van der Waals surface area contributed by atoms with Crippen molar-refractivity contribution in [2.45, 2.75) is 0 Å². The number of fused-ring (bicyclic) bond motifs is 5. The van der Waals surface area contributed by atoms with Crippen molar-refractivity contribution in [1.29, 1.82) is 0 Å². The highest BCUT2D eigenvalue weighted by molar-refractivity contribution is 6.22. The number of benzene rings is 8. The lowest BCUT2D eigenvalue weighted by atomic mass is 9.95. The monoisotopic (exact) mass is 626 g/mol. The van der Waals surface area contributed by atoms with Gasteiger partial charge in [-0.2, -0.15) is 0 Å². The lowest BCUT2D eigenvalue weighted by molar-refractivity contribution is 0.672. The van der Waals surface area contributed by atoms with Crippen LogP contribution in [0.1, 0.15) is 17.8 Å². The molecule has 1 aromatic heterocycles. The van der Waals surface area contributed by atoms with Gasteiger partial charge in [0, 0.05) is 22.1 Å². The van der Waals surface area contributed by atoms with Crippen LogP contribution in [-0.4, -0.2) is 0 Å². The molecular formula is C46H31NO. The lowest BCUT2D eigenvalue weighted by Gasteiger charge is -2.27. The molecule has 1 heterocycles. The Morgan fingerprint density at radius 1 is 0.458 bits per heavy atom. The van der Waals surface area contributed by atoms with Crippen LogP contribution < -0.4 is 4.90 Å². The van der Waals surface area contributed by atoms with Crippen molar-refractivity contribution in [3.8, 4) is 33.4 Å². The van der Waals surface area contributed by atoms with Gasteiger partial charge < -0.3 is 9.32 Å². The van der Waals surface area contributed by atoms with Gasteiger partial charge in [0.1, 0.15) is 11.2 Å². The van der Waals surface area contributed by atoms with Gasteiger partial charge >= 0.3 is 0 Å². The summed E-state index contributed by atoms with van der Waals surface area (Å²) in [6.45, 7) is 0. The Hall–Kier alpha value is -6.38. The first-order valence-electron chi connectivity index (χ1n) is 21.8. The van der Waals surface area contributed by atoms with Crippen molar-refractivity contribution in [2.75, 3.05) is 4.90 Å². The third-order valence-corrected chi connectivity index (χ3v) is 8.33. The quantitative estimate of drug-likeness (QED) is 0.183. The van der Waals surface area contributed by atoms with Crippen molar-refractivity contribution in [3.63, 3.8) is 0 Å². The van der Waals surface area contributed by atoms with E-state index in [-0.39, 0.29) is 44.0 Å². The molecular weight excluding hydrogens is 583 g/mol. The van der Waals surface area contributed by atoms with Crippen molar-refractivity contribution >= 4 is 49.8 Å². The molecule has 0 bridgehead atoms. The summed E-state index contributed by atoms with van der Waals surface area (Å²) in [4.78, 5) is 1.71. The third kappa shape index (κ3) is 4.83. The molecule has 0 fully saturated rings. The van der Waals surface area contributed by atoms with Crippen LogP contribution in [0.4, 0.5) is 17.1 Å². The molecule has 0 N–H and O–H groups in total. The van der Waals surface area contributed by atoms with E-state index in [4.69, 9.17) is 19.5 Å². The van der Waals surface area contributed by atoms with Gasteiger partial charge in [-0.1, -0.05) is 145 Å². The maximum Gasteiger partial charge on any atom is 0.143 e. The fourth-order valence-corrected chi connectivity index (χ4v) is 6.13. The van der Waals surface area contributed by atoms with Crippen LogP contribution in [-0.2, 0) is 0 Å². The van der Waals surface area contributed by atoms with E-state index in [0.29, 0.717) is 11.4 Å². The second-order valence-corrected chi connectivity index (χ2v) is 11.1. The molecule has 48 heavy (non-hydrogen) atoms. The van der Waals surface area contributed by atoms with Gasteiger partial charge in [0.15, 0.2) is 0 Å². The molecule has 9 rings (SSSR count). The van der Waals surface area contributed by atoms with Crippen LogP contribution in [0.25, 0.3) is 66.1 Å². The first kappa shape index (κ1) is 17.5. The maximum atomic E-state index is 9.91. The van der Waals surface area contributed by atoms with Gasteiger partial charge in [-0.3, -0.25) is 0 Å². The Morgan fingerprint density at radius 2 is 1.10 bits per heavy atom. The van der Waals surface area contributed by atoms with E-state index >= 15 is 0 Å². The number of nitrogens with zero attached hydrogens (tertiary/aromatic N) is 1. The molecule has 8 aromatic carbocycles. The Bertz CT molecular complexity index is 3250. The molecule has 2 heteroatoms. The summed E-state index contributed by atoms with van der Waals surface area (Å²) in [5.74, 6) is 0. The molecule has 2 nitrogen and oxygen atoms in total. The summed E-state index contributed by atoms with van der Waals surface area (Å²) < 4.78 is 123. The molecule has 0 amide bonds. The standard InChI is InChI=1S/C46H31NO/c1-4-14-32(15-5-1)34-26-28-37(29-27-34)47(38-21-12-20-36(30-38)33-16-6-2-7-17-33)43-24-13-25-44-45(43)42-31-41(35-18-8-3-9-19-35)39-22-10-11-23-40(39)46(42)48-44/h1-31H/i3D,8D,9D,10D,11D,13D,18D,19D,22D,23D,24D,25D,31D. The van der Waals surface area contributed by atoms with Gasteiger partial charge in [-0.05, 0) is 81.2 Å². The molecule has 0 saturated carbocycles. The number of rotatable bonds is 6.